The van der Waals surface area contributed by atoms with Crippen LogP contribution in [-0.2, 0) is 0 Å². The number of rotatable bonds is 7. The lowest BCUT2D eigenvalue weighted by atomic mass is 9.97. The molecular formula is C28H28N2O2. The Labute approximate surface area is 189 Å². The average Bonchev–Trinajstić information content (AvgIpc) is 2.80. The second-order valence-electron chi connectivity index (χ2n) is 7.62. The van der Waals surface area contributed by atoms with Crippen molar-refractivity contribution in [2.24, 2.45) is 0 Å². The van der Waals surface area contributed by atoms with E-state index in [0.717, 1.165) is 50.7 Å². The molecule has 0 fully saturated rings. The largest absolute Gasteiger partial charge is 0.494 e. The van der Waals surface area contributed by atoms with Crippen molar-refractivity contribution in [1.82, 2.24) is 4.98 Å². The molecule has 4 rings (SSSR count). The zero-order valence-electron chi connectivity index (χ0n) is 18.8. The quantitative estimate of drug-likeness (QED) is 0.333. The van der Waals surface area contributed by atoms with Crippen LogP contribution in [0.3, 0.4) is 0 Å². The summed E-state index contributed by atoms with van der Waals surface area (Å²) < 4.78 is 11.5. The van der Waals surface area contributed by atoms with Gasteiger partial charge in [-0.15, -0.1) is 0 Å². The van der Waals surface area contributed by atoms with Crippen molar-refractivity contribution in [3.63, 3.8) is 0 Å². The van der Waals surface area contributed by atoms with Gasteiger partial charge in [-0.05, 0) is 67.8 Å². The van der Waals surface area contributed by atoms with E-state index in [1.165, 1.54) is 5.56 Å². The van der Waals surface area contributed by atoms with E-state index in [4.69, 9.17) is 15.2 Å². The molecule has 4 aromatic rings. The van der Waals surface area contributed by atoms with Gasteiger partial charge in [-0.1, -0.05) is 42.0 Å². The fourth-order valence-corrected chi connectivity index (χ4v) is 3.74. The lowest BCUT2D eigenvalue weighted by molar-refractivity contribution is 0.324. The number of nitrogens with two attached hydrogens (primary N) is 1. The zero-order chi connectivity index (χ0) is 22.5. The van der Waals surface area contributed by atoms with Crippen LogP contribution in [0.2, 0.25) is 0 Å². The summed E-state index contributed by atoms with van der Waals surface area (Å²) in [7, 11) is 0. The molecule has 1 aromatic heterocycles. The maximum atomic E-state index is 6.48. The summed E-state index contributed by atoms with van der Waals surface area (Å²) in [4.78, 5) is 4.60. The maximum Gasteiger partial charge on any atom is 0.132 e. The van der Waals surface area contributed by atoms with E-state index in [1.807, 2.05) is 50.4 Å². The first-order chi connectivity index (χ1) is 15.6. The summed E-state index contributed by atoms with van der Waals surface area (Å²) in [5.41, 5.74) is 14.5. The predicted molar refractivity (Wildman–Crippen MR) is 132 cm³/mol. The molecule has 0 saturated carbocycles. The minimum atomic E-state index is 0.565. The number of ether oxygens (including phenoxy) is 2. The molecule has 0 spiro atoms. The van der Waals surface area contributed by atoms with Crippen molar-refractivity contribution in [2.75, 3.05) is 18.9 Å². The van der Waals surface area contributed by atoms with E-state index >= 15 is 0 Å². The van der Waals surface area contributed by atoms with Crippen LogP contribution in [0.4, 0.5) is 5.69 Å². The maximum absolute atomic E-state index is 6.48. The molecule has 1 heterocycles. The number of aromatic nitrogens is 1. The molecule has 0 bridgehead atoms. The first kappa shape index (κ1) is 21.4. The van der Waals surface area contributed by atoms with Crippen LogP contribution >= 0.6 is 0 Å². The highest BCUT2D eigenvalue weighted by atomic mass is 16.5. The molecule has 0 aliphatic rings. The number of benzene rings is 3. The van der Waals surface area contributed by atoms with E-state index in [9.17, 15) is 0 Å². The fourth-order valence-electron chi connectivity index (χ4n) is 3.74. The Morgan fingerprint density at radius 1 is 0.719 bits per heavy atom. The number of hydrogen-bond donors (Lipinski definition) is 1. The van der Waals surface area contributed by atoms with Gasteiger partial charge in [0.15, 0.2) is 0 Å². The molecule has 0 radical (unpaired) electrons. The predicted octanol–water partition coefficient (Wildman–Crippen LogP) is 6.77. The van der Waals surface area contributed by atoms with Crippen LogP contribution in [0, 0.1) is 6.92 Å². The first-order valence-corrected chi connectivity index (χ1v) is 10.9. The van der Waals surface area contributed by atoms with E-state index in [1.54, 1.807) is 0 Å². The molecule has 0 amide bonds. The molecule has 3 aromatic carbocycles. The number of nitrogens with zero attached hydrogens (tertiary/aromatic N) is 1. The third-order valence-corrected chi connectivity index (χ3v) is 5.35. The van der Waals surface area contributed by atoms with E-state index in [-0.39, 0.29) is 0 Å². The minimum Gasteiger partial charge on any atom is -0.494 e. The summed E-state index contributed by atoms with van der Waals surface area (Å²) >= 11 is 0. The van der Waals surface area contributed by atoms with Crippen molar-refractivity contribution >= 4 is 5.69 Å². The summed E-state index contributed by atoms with van der Waals surface area (Å²) in [5, 5.41) is 0. The second kappa shape index (κ2) is 9.56. The lowest BCUT2D eigenvalue weighted by Crippen LogP contribution is -1.98. The highest BCUT2D eigenvalue weighted by molar-refractivity contribution is 5.83. The van der Waals surface area contributed by atoms with Crippen LogP contribution in [0.25, 0.3) is 33.5 Å². The Balaban J connectivity index is 1.70. The molecule has 0 atom stereocenters. The van der Waals surface area contributed by atoms with Gasteiger partial charge in [0, 0.05) is 29.1 Å². The zero-order valence-corrected chi connectivity index (χ0v) is 18.8. The third kappa shape index (κ3) is 4.59. The number of hydrogen-bond acceptors (Lipinski definition) is 4. The molecular weight excluding hydrogens is 396 g/mol. The topological polar surface area (TPSA) is 57.4 Å². The third-order valence-electron chi connectivity index (χ3n) is 5.35. The van der Waals surface area contributed by atoms with Gasteiger partial charge < -0.3 is 15.2 Å². The SMILES string of the molecule is CCOc1ccc(-c2cc(-c3ccc(-c4ccc(C)cc4)cc3N)ccn2)c(OCC)c1. The van der Waals surface area contributed by atoms with Gasteiger partial charge in [-0.2, -0.15) is 0 Å². The van der Waals surface area contributed by atoms with Crippen molar-refractivity contribution < 1.29 is 9.47 Å². The molecule has 4 heteroatoms. The molecule has 4 nitrogen and oxygen atoms in total. The average molecular weight is 425 g/mol. The Morgan fingerprint density at radius 2 is 1.44 bits per heavy atom. The Bertz CT molecular complexity index is 1220. The lowest BCUT2D eigenvalue weighted by Gasteiger charge is -2.14. The Kier molecular flexibility index (Phi) is 6.41. The smallest absolute Gasteiger partial charge is 0.132 e. The Hall–Kier alpha value is -3.79. The van der Waals surface area contributed by atoms with Gasteiger partial charge in [-0.25, -0.2) is 0 Å². The summed E-state index contributed by atoms with van der Waals surface area (Å²) in [6, 6.07) is 24.6. The minimum absolute atomic E-state index is 0.565. The second-order valence-corrected chi connectivity index (χ2v) is 7.62. The highest BCUT2D eigenvalue weighted by Gasteiger charge is 2.12. The van der Waals surface area contributed by atoms with E-state index in [2.05, 4.69) is 54.4 Å². The van der Waals surface area contributed by atoms with Crippen LogP contribution < -0.4 is 15.2 Å². The highest BCUT2D eigenvalue weighted by Crippen LogP contribution is 2.36. The van der Waals surface area contributed by atoms with Gasteiger partial charge >= 0.3 is 0 Å². The molecule has 0 aliphatic heterocycles. The van der Waals surface area contributed by atoms with Gasteiger partial charge in [0.05, 0.1) is 18.9 Å². The first-order valence-electron chi connectivity index (χ1n) is 10.9. The normalized spacial score (nSPS) is 10.7. The van der Waals surface area contributed by atoms with Gasteiger partial charge in [0.1, 0.15) is 11.5 Å². The number of anilines is 1. The number of pyridine rings is 1. The number of aryl methyl sites for hydroxylation is 1. The van der Waals surface area contributed by atoms with Crippen molar-refractivity contribution in [2.45, 2.75) is 20.8 Å². The van der Waals surface area contributed by atoms with Gasteiger partial charge in [0.2, 0.25) is 0 Å². The van der Waals surface area contributed by atoms with E-state index in [0.29, 0.717) is 13.2 Å². The van der Waals surface area contributed by atoms with Crippen molar-refractivity contribution in [1.29, 1.82) is 0 Å². The van der Waals surface area contributed by atoms with Crippen LogP contribution in [0.1, 0.15) is 19.4 Å². The van der Waals surface area contributed by atoms with Crippen LogP contribution in [0.15, 0.2) is 79.0 Å². The van der Waals surface area contributed by atoms with E-state index < -0.39 is 0 Å². The summed E-state index contributed by atoms with van der Waals surface area (Å²) in [6.45, 7) is 7.20. The Morgan fingerprint density at radius 3 is 2.16 bits per heavy atom. The molecule has 0 aliphatic carbocycles. The van der Waals surface area contributed by atoms with Crippen molar-refractivity contribution in [3.05, 3.63) is 84.6 Å². The molecule has 162 valence electrons. The fraction of sp³-hybridized carbons (Fsp3) is 0.179. The molecule has 0 unspecified atom stereocenters. The summed E-state index contributed by atoms with van der Waals surface area (Å²) in [6.07, 6.45) is 1.81. The molecule has 0 saturated heterocycles. The summed E-state index contributed by atoms with van der Waals surface area (Å²) in [5.74, 6) is 1.54. The van der Waals surface area contributed by atoms with Gasteiger partial charge in [-0.3, -0.25) is 4.98 Å². The standard InChI is InChI=1S/C28H28N2O2/c1-4-31-23-11-13-25(28(18-23)32-5-2)27-17-22(14-15-30-27)24-12-10-21(16-26(24)29)20-8-6-19(3)7-9-20/h6-18H,4-5,29H2,1-3H3. The van der Waals surface area contributed by atoms with Crippen molar-refractivity contribution in [3.8, 4) is 45.0 Å². The van der Waals surface area contributed by atoms with Gasteiger partial charge in [0.25, 0.3) is 0 Å². The monoisotopic (exact) mass is 424 g/mol. The number of nitrogen functional groups attached to an aromatic ring is 1. The van der Waals surface area contributed by atoms with Crippen LogP contribution in [-0.4, -0.2) is 18.2 Å². The molecule has 2 N–H and O–H groups in total. The molecule has 32 heavy (non-hydrogen) atoms. The van der Waals surface area contributed by atoms with Crippen LogP contribution in [0.5, 0.6) is 11.5 Å².